The molecule has 120 valence electrons. The van der Waals surface area contributed by atoms with Crippen LogP contribution in [0.25, 0.3) is 0 Å². The van der Waals surface area contributed by atoms with Crippen molar-refractivity contribution in [2.45, 2.75) is 42.9 Å². The Morgan fingerprint density at radius 1 is 1.38 bits per heavy atom. The number of likely N-dealkylation sites (N-methyl/N-ethyl adjacent to an activating group) is 1. The van der Waals surface area contributed by atoms with E-state index in [2.05, 4.69) is 17.0 Å². The summed E-state index contributed by atoms with van der Waals surface area (Å²) in [4.78, 5) is 1.09. The van der Waals surface area contributed by atoms with Crippen molar-refractivity contribution in [1.82, 2.24) is 10.0 Å². The van der Waals surface area contributed by atoms with Crippen molar-refractivity contribution in [3.8, 4) is 0 Å². The average molecular weight is 332 g/mol. The fourth-order valence-electron chi connectivity index (χ4n) is 2.32. The van der Waals surface area contributed by atoms with Gasteiger partial charge in [-0.25, -0.2) is 13.1 Å². The van der Waals surface area contributed by atoms with Crippen LogP contribution in [0.4, 0.5) is 0 Å². The molecule has 1 atom stereocenters. The molecule has 0 radical (unpaired) electrons. The summed E-state index contributed by atoms with van der Waals surface area (Å²) < 4.78 is 33.0. The topological polar surface area (TPSA) is 67.4 Å². The van der Waals surface area contributed by atoms with E-state index in [0.29, 0.717) is 10.8 Å². The molecule has 1 fully saturated rings. The normalized spacial score (nSPS) is 19.2. The van der Waals surface area contributed by atoms with Crippen molar-refractivity contribution in [2.24, 2.45) is 0 Å². The Morgan fingerprint density at radius 2 is 2.24 bits per heavy atom. The van der Waals surface area contributed by atoms with Crippen LogP contribution in [0.2, 0.25) is 0 Å². The van der Waals surface area contributed by atoms with Crippen molar-refractivity contribution < 1.29 is 13.2 Å². The van der Waals surface area contributed by atoms with E-state index in [0.717, 1.165) is 50.3 Å². The number of hydrogen-bond donors (Lipinski definition) is 2. The summed E-state index contributed by atoms with van der Waals surface area (Å²) in [5.74, 6) is 0. The van der Waals surface area contributed by atoms with Gasteiger partial charge >= 0.3 is 0 Å². The van der Waals surface area contributed by atoms with Gasteiger partial charge in [-0.05, 0) is 50.9 Å². The summed E-state index contributed by atoms with van der Waals surface area (Å²) >= 11 is 1.35. The highest BCUT2D eigenvalue weighted by molar-refractivity contribution is 7.91. The zero-order valence-electron chi connectivity index (χ0n) is 12.4. The smallest absolute Gasteiger partial charge is 0.250 e. The molecule has 1 aromatic rings. The quantitative estimate of drug-likeness (QED) is 0.676. The number of ether oxygens (including phenoxy) is 1. The third kappa shape index (κ3) is 5.34. The minimum absolute atomic E-state index is 0.215. The highest BCUT2D eigenvalue weighted by Crippen LogP contribution is 2.22. The molecule has 0 bridgehead atoms. The molecule has 0 aliphatic carbocycles. The number of thiophene rings is 1. The molecule has 1 saturated heterocycles. The van der Waals surface area contributed by atoms with Gasteiger partial charge in [0, 0.05) is 18.0 Å². The molecule has 0 amide bonds. The van der Waals surface area contributed by atoms with E-state index in [4.69, 9.17) is 4.74 Å². The molecule has 1 unspecified atom stereocenters. The Bertz CT molecular complexity index is 522. The maximum atomic E-state index is 12.2. The van der Waals surface area contributed by atoms with Crippen LogP contribution < -0.4 is 10.0 Å². The second-order valence-corrected chi connectivity index (χ2v) is 8.31. The molecule has 2 N–H and O–H groups in total. The van der Waals surface area contributed by atoms with Crippen molar-refractivity contribution in [3.63, 3.8) is 0 Å². The van der Waals surface area contributed by atoms with Crippen molar-refractivity contribution in [1.29, 1.82) is 0 Å². The lowest BCUT2D eigenvalue weighted by Crippen LogP contribution is -2.26. The third-order valence-corrected chi connectivity index (χ3v) is 6.58. The number of rotatable bonds is 9. The first-order valence-electron chi connectivity index (χ1n) is 7.52. The van der Waals surface area contributed by atoms with Crippen LogP contribution in [0.15, 0.2) is 16.3 Å². The summed E-state index contributed by atoms with van der Waals surface area (Å²) in [5, 5.41) is 3.24. The van der Waals surface area contributed by atoms with Crippen molar-refractivity contribution in [3.05, 3.63) is 17.0 Å². The maximum absolute atomic E-state index is 12.2. The highest BCUT2D eigenvalue weighted by Gasteiger charge is 2.19. The van der Waals surface area contributed by atoms with Crippen LogP contribution in [-0.2, 0) is 21.2 Å². The largest absolute Gasteiger partial charge is 0.378 e. The standard InChI is InChI=1S/C14H24N2O3S2/c1-2-15-9-8-13-5-6-14(20-13)21(17,18)16-10-7-12-4-3-11-19-12/h5-6,12,15-16H,2-4,7-11H2,1H3. The van der Waals surface area contributed by atoms with Gasteiger partial charge in [-0.15, -0.1) is 11.3 Å². The lowest BCUT2D eigenvalue weighted by atomic mass is 10.2. The van der Waals surface area contributed by atoms with Gasteiger partial charge in [0.1, 0.15) is 4.21 Å². The van der Waals surface area contributed by atoms with Gasteiger partial charge in [-0.3, -0.25) is 0 Å². The summed E-state index contributed by atoms with van der Waals surface area (Å²) in [6.07, 6.45) is 3.95. The lowest BCUT2D eigenvalue weighted by Gasteiger charge is -2.09. The van der Waals surface area contributed by atoms with Crippen LogP contribution in [-0.4, -0.2) is 40.8 Å². The summed E-state index contributed by atoms with van der Waals surface area (Å²) in [5.41, 5.74) is 0. The monoisotopic (exact) mass is 332 g/mol. The van der Waals surface area contributed by atoms with E-state index in [1.54, 1.807) is 6.07 Å². The van der Waals surface area contributed by atoms with Crippen molar-refractivity contribution in [2.75, 3.05) is 26.2 Å². The Balaban J connectivity index is 1.80. The second kappa shape index (κ2) is 8.24. The van der Waals surface area contributed by atoms with Crippen LogP contribution >= 0.6 is 11.3 Å². The molecule has 5 nitrogen and oxygen atoms in total. The van der Waals surface area contributed by atoms with Crippen LogP contribution in [0.1, 0.15) is 31.1 Å². The lowest BCUT2D eigenvalue weighted by molar-refractivity contribution is 0.105. The Labute approximate surface area is 131 Å². The molecule has 0 aromatic carbocycles. The molecule has 21 heavy (non-hydrogen) atoms. The predicted octanol–water partition coefficient (Wildman–Crippen LogP) is 1.75. The van der Waals surface area contributed by atoms with Gasteiger partial charge in [0.25, 0.3) is 0 Å². The van der Waals surface area contributed by atoms with Gasteiger partial charge < -0.3 is 10.1 Å². The van der Waals surface area contributed by atoms with E-state index >= 15 is 0 Å². The predicted molar refractivity (Wildman–Crippen MR) is 85.3 cm³/mol. The molecule has 1 aliphatic rings. The van der Waals surface area contributed by atoms with Gasteiger partial charge in [0.05, 0.1) is 6.10 Å². The van der Waals surface area contributed by atoms with Crippen LogP contribution in [0.3, 0.4) is 0 Å². The fourth-order valence-corrected chi connectivity index (χ4v) is 4.77. The number of hydrogen-bond acceptors (Lipinski definition) is 5. The molecule has 0 spiro atoms. The Kier molecular flexibility index (Phi) is 6.63. The highest BCUT2D eigenvalue weighted by atomic mass is 32.2. The number of nitrogens with one attached hydrogen (secondary N) is 2. The van der Waals surface area contributed by atoms with E-state index < -0.39 is 10.0 Å². The third-order valence-electron chi connectivity index (χ3n) is 3.48. The molecular formula is C14H24N2O3S2. The second-order valence-electron chi connectivity index (χ2n) is 5.15. The minimum atomic E-state index is -3.37. The zero-order chi connectivity index (χ0) is 15.1. The average Bonchev–Trinajstić information content (AvgIpc) is 3.10. The van der Waals surface area contributed by atoms with E-state index in [-0.39, 0.29) is 6.10 Å². The summed E-state index contributed by atoms with van der Waals surface area (Å²) in [6.45, 7) is 5.11. The first-order chi connectivity index (χ1) is 10.1. The van der Waals surface area contributed by atoms with Crippen LogP contribution in [0, 0.1) is 0 Å². The van der Waals surface area contributed by atoms with E-state index in [1.165, 1.54) is 11.3 Å². The van der Waals surface area contributed by atoms with Gasteiger partial charge in [0.2, 0.25) is 10.0 Å². The van der Waals surface area contributed by atoms with Gasteiger partial charge in [-0.2, -0.15) is 0 Å². The fraction of sp³-hybridized carbons (Fsp3) is 0.714. The molecule has 2 heterocycles. The summed E-state index contributed by atoms with van der Waals surface area (Å²) in [7, 11) is -3.37. The molecule has 0 saturated carbocycles. The summed E-state index contributed by atoms with van der Waals surface area (Å²) in [6, 6.07) is 3.59. The SMILES string of the molecule is CCNCCc1ccc(S(=O)(=O)NCCC2CCCO2)s1. The van der Waals surface area contributed by atoms with Gasteiger partial charge in [-0.1, -0.05) is 6.92 Å². The first-order valence-corrected chi connectivity index (χ1v) is 9.82. The zero-order valence-corrected chi connectivity index (χ0v) is 14.1. The molecular weight excluding hydrogens is 308 g/mol. The molecule has 1 aliphatic heterocycles. The van der Waals surface area contributed by atoms with Gasteiger partial charge in [0.15, 0.2) is 0 Å². The maximum Gasteiger partial charge on any atom is 0.250 e. The minimum Gasteiger partial charge on any atom is -0.378 e. The Hall–Kier alpha value is -0.470. The van der Waals surface area contributed by atoms with E-state index in [9.17, 15) is 8.42 Å². The first kappa shape index (κ1) is 16.9. The van der Waals surface area contributed by atoms with E-state index in [1.807, 2.05) is 6.07 Å². The number of sulfonamides is 1. The van der Waals surface area contributed by atoms with Crippen LogP contribution in [0.5, 0.6) is 0 Å². The molecule has 1 aromatic heterocycles. The Morgan fingerprint density at radius 3 is 2.95 bits per heavy atom. The molecule has 7 heteroatoms. The van der Waals surface area contributed by atoms with Crippen molar-refractivity contribution >= 4 is 21.4 Å². The molecule has 2 rings (SSSR count).